The molecule has 0 saturated carbocycles. The van der Waals surface area contributed by atoms with E-state index < -0.39 is 0 Å². The average molecular weight is 324 g/mol. The topological polar surface area (TPSA) is 47.7 Å². The maximum Gasteiger partial charge on any atom is 0.175 e. The largest absolute Gasteiger partial charge is 0.486 e. The lowest BCUT2D eigenvalue weighted by molar-refractivity contribution is 0.309. The van der Waals surface area contributed by atoms with Gasteiger partial charge in [0.05, 0.1) is 0 Å². The predicted octanol–water partition coefficient (Wildman–Crippen LogP) is 4.02. The van der Waals surface area contributed by atoms with Gasteiger partial charge >= 0.3 is 0 Å². The number of hydrogen-bond donors (Lipinski definition) is 1. The van der Waals surface area contributed by atoms with Crippen molar-refractivity contribution in [3.8, 4) is 22.6 Å². The van der Waals surface area contributed by atoms with E-state index in [-0.39, 0.29) is 0 Å². The summed E-state index contributed by atoms with van der Waals surface area (Å²) < 4.78 is 11.8. The molecule has 2 N–H and O–H groups in total. The molecule has 2 aromatic carbocycles. The molecule has 3 aromatic rings. The van der Waals surface area contributed by atoms with Gasteiger partial charge in [-0.15, -0.1) is 0 Å². The molecule has 0 bridgehead atoms. The molecule has 0 aliphatic carbocycles. The normalized spacial score (nSPS) is 12.8. The number of nitrogens with zero attached hydrogens (tertiary/aromatic N) is 1. The molecule has 0 fully saturated rings. The third-order valence-corrected chi connectivity index (χ3v) is 4.52. The number of fused-ring (bicyclic) bond motifs is 1. The smallest absolute Gasteiger partial charge is 0.175 e. The second kappa shape index (κ2) is 5.95. The maximum atomic E-state index is 6.15. The Morgan fingerprint density at radius 3 is 2.78 bits per heavy atom. The lowest BCUT2D eigenvalue weighted by Gasteiger charge is -2.17. The van der Waals surface area contributed by atoms with Gasteiger partial charge in [-0.2, -0.15) is 11.3 Å². The molecule has 23 heavy (non-hydrogen) atoms. The summed E-state index contributed by atoms with van der Waals surface area (Å²) in [6.07, 6.45) is 0. The first-order valence-corrected chi connectivity index (χ1v) is 8.28. The quantitative estimate of drug-likeness (QED) is 0.736. The van der Waals surface area contributed by atoms with Crippen molar-refractivity contribution in [1.82, 2.24) is 0 Å². The van der Waals surface area contributed by atoms with E-state index in [9.17, 15) is 0 Å². The molecule has 0 unspecified atom stereocenters. The van der Waals surface area contributed by atoms with Crippen molar-refractivity contribution >= 4 is 17.0 Å². The average Bonchev–Trinajstić information content (AvgIpc) is 3.24. The Labute approximate surface area is 138 Å². The predicted molar refractivity (Wildman–Crippen MR) is 92.7 cm³/mol. The Kier molecular flexibility index (Phi) is 3.65. The maximum absolute atomic E-state index is 6.15. The Bertz CT molecular complexity index is 803. The van der Waals surface area contributed by atoms with Gasteiger partial charge in [0.2, 0.25) is 0 Å². The molecule has 2 heterocycles. The zero-order valence-corrected chi connectivity index (χ0v) is 13.3. The van der Waals surface area contributed by atoms with Gasteiger partial charge in [0, 0.05) is 5.56 Å². The molecule has 0 amide bonds. The second-order valence-corrected chi connectivity index (χ2v) is 6.10. The molecule has 0 saturated heterocycles. The van der Waals surface area contributed by atoms with Crippen LogP contribution >= 0.6 is 11.3 Å². The van der Waals surface area contributed by atoms with Crippen molar-refractivity contribution in [1.29, 1.82) is 0 Å². The van der Waals surface area contributed by atoms with Crippen molar-refractivity contribution in [2.24, 2.45) is 5.84 Å². The number of nitrogens with two attached hydrogens (primary N) is 1. The van der Waals surface area contributed by atoms with Crippen LogP contribution in [0.15, 0.2) is 59.3 Å². The highest BCUT2D eigenvalue weighted by atomic mass is 32.1. The molecule has 0 atom stereocenters. The number of thiophene rings is 1. The van der Waals surface area contributed by atoms with Crippen LogP contribution in [-0.2, 0) is 6.61 Å². The van der Waals surface area contributed by atoms with Crippen molar-refractivity contribution in [2.75, 3.05) is 11.7 Å². The highest BCUT2D eigenvalue weighted by Crippen LogP contribution is 2.46. The zero-order chi connectivity index (χ0) is 15.6. The van der Waals surface area contributed by atoms with Gasteiger partial charge in [-0.25, -0.2) is 5.84 Å². The minimum Gasteiger partial charge on any atom is -0.486 e. The van der Waals surface area contributed by atoms with Gasteiger partial charge in [-0.1, -0.05) is 30.3 Å². The minimum atomic E-state index is 0.336. The third-order valence-electron chi connectivity index (χ3n) is 3.79. The van der Waals surface area contributed by atoms with Crippen molar-refractivity contribution in [2.45, 2.75) is 6.61 Å². The zero-order valence-electron chi connectivity index (χ0n) is 12.4. The van der Waals surface area contributed by atoms with E-state index in [1.54, 1.807) is 16.3 Å². The number of anilines is 1. The molecular formula is C18H16N2O2S. The Morgan fingerprint density at radius 2 is 2.00 bits per heavy atom. The van der Waals surface area contributed by atoms with Crippen molar-refractivity contribution < 1.29 is 9.47 Å². The summed E-state index contributed by atoms with van der Waals surface area (Å²) in [5.74, 6) is 7.59. The van der Waals surface area contributed by atoms with Crippen LogP contribution in [0.5, 0.6) is 11.5 Å². The molecule has 4 rings (SSSR count). The van der Waals surface area contributed by atoms with E-state index in [0.29, 0.717) is 13.3 Å². The van der Waals surface area contributed by atoms with Crippen molar-refractivity contribution in [3.63, 3.8) is 0 Å². The fraction of sp³-hybridized carbons (Fsp3) is 0.111. The van der Waals surface area contributed by atoms with Crippen LogP contribution < -0.4 is 20.3 Å². The van der Waals surface area contributed by atoms with E-state index in [2.05, 4.69) is 23.6 Å². The lowest BCUT2D eigenvalue weighted by atomic mass is 10.0. The van der Waals surface area contributed by atoms with Gasteiger partial charge < -0.3 is 9.47 Å². The number of ether oxygens (including phenoxy) is 2. The fourth-order valence-electron chi connectivity index (χ4n) is 2.67. The number of rotatable bonds is 4. The molecule has 5 heteroatoms. The third kappa shape index (κ3) is 2.65. The van der Waals surface area contributed by atoms with E-state index >= 15 is 0 Å². The van der Waals surface area contributed by atoms with Crippen LogP contribution in [0.4, 0.5) is 5.69 Å². The summed E-state index contributed by atoms with van der Waals surface area (Å²) in [7, 11) is 0. The summed E-state index contributed by atoms with van der Waals surface area (Å²) in [4.78, 5) is 0. The van der Waals surface area contributed by atoms with Crippen LogP contribution in [0.1, 0.15) is 5.56 Å². The highest BCUT2D eigenvalue weighted by molar-refractivity contribution is 7.07. The molecule has 1 aromatic heterocycles. The monoisotopic (exact) mass is 324 g/mol. The van der Waals surface area contributed by atoms with E-state index in [1.807, 2.05) is 35.7 Å². The highest BCUT2D eigenvalue weighted by Gasteiger charge is 2.26. The van der Waals surface area contributed by atoms with Gasteiger partial charge in [0.1, 0.15) is 12.3 Å². The van der Waals surface area contributed by atoms with Crippen LogP contribution in [0, 0.1) is 0 Å². The molecule has 0 spiro atoms. The SMILES string of the molecule is NN1COc2ccc(-c3ccccc3)c(OCc3ccsc3)c21. The van der Waals surface area contributed by atoms with Gasteiger partial charge in [-0.3, -0.25) is 5.01 Å². The molecule has 1 aliphatic heterocycles. The second-order valence-electron chi connectivity index (χ2n) is 5.32. The number of hydrazine groups is 1. The summed E-state index contributed by atoms with van der Waals surface area (Å²) in [6.45, 7) is 0.843. The summed E-state index contributed by atoms with van der Waals surface area (Å²) in [6, 6.07) is 16.2. The lowest BCUT2D eigenvalue weighted by Crippen LogP contribution is -2.29. The van der Waals surface area contributed by atoms with E-state index in [4.69, 9.17) is 15.3 Å². The Hall–Kier alpha value is -2.50. The first-order valence-electron chi connectivity index (χ1n) is 7.34. The van der Waals surface area contributed by atoms with Crippen molar-refractivity contribution in [3.05, 3.63) is 64.9 Å². The van der Waals surface area contributed by atoms with Crippen LogP contribution in [0.2, 0.25) is 0 Å². The number of benzene rings is 2. The minimum absolute atomic E-state index is 0.336. The van der Waals surface area contributed by atoms with Crippen LogP contribution in [0.25, 0.3) is 11.1 Å². The van der Waals surface area contributed by atoms with E-state index in [1.165, 1.54) is 0 Å². The Morgan fingerprint density at radius 1 is 1.13 bits per heavy atom. The first-order chi connectivity index (χ1) is 11.3. The Balaban J connectivity index is 1.78. The van der Waals surface area contributed by atoms with Gasteiger partial charge in [0.25, 0.3) is 0 Å². The van der Waals surface area contributed by atoms with E-state index in [0.717, 1.165) is 33.9 Å². The summed E-state index contributed by atoms with van der Waals surface area (Å²) in [5.41, 5.74) is 4.06. The summed E-state index contributed by atoms with van der Waals surface area (Å²) in [5, 5.41) is 5.72. The standard InChI is InChI=1S/C18H16N2O2S/c19-20-12-22-16-7-6-15(14-4-2-1-3-5-14)18(17(16)20)21-10-13-8-9-23-11-13/h1-9,11H,10,12,19H2. The van der Waals surface area contributed by atoms with Gasteiger partial charge in [0.15, 0.2) is 18.2 Å². The van der Waals surface area contributed by atoms with Crippen LogP contribution in [-0.4, -0.2) is 6.73 Å². The van der Waals surface area contributed by atoms with Crippen LogP contribution in [0.3, 0.4) is 0 Å². The molecule has 116 valence electrons. The molecule has 1 aliphatic rings. The molecule has 4 nitrogen and oxygen atoms in total. The summed E-state index contributed by atoms with van der Waals surface area (Å²) >= 11 is 1.66. The fourth-order valence-corrected chi connectivity index (χ4v) is 3.32. The van der Waals surface area contributed by atoms with Gasteiger partial charge in [-0.05, 0) is 40.1 Å². The molecular weight excluding hydrogens is 308 g/mol. The first kappa shape index (κ1) is 14.1. The number of hydrogen-bond acceptors (Lipinski definition) is 5. The molecule has 0 radical (unpaired) electrons.